The lowest BCUT2D eigenvalue weighted by molar-refractivity contribution is -0.122. The summed E-state index contributed by atoms with van der Waals surface area (Å²) in [6.45, 7) is 0. The summed E-state index contributed by atoms with van der Waals surface area (Å²) in [5.41, 5.74) is 3.37. The van der Waals surface area contributed by atoms with Gasteiger partial charge in [0.2, 0.25) is 5.91 Å². The molecule has 1 N–H and O–H groups in total. The summed E-state index contributed by atoms with van der Waals surface area (Å²) in [6, 6.07) is 15.6. The van der Waals surface area contributed by atoms with Crippen LogP contribution in [0.2, 0.25) is 0 Å². The molecule has 132 valence electrons. The number of nitriles is 1. The first-order valence-corrected chi connectivity index (χ1v) is 9.27. The molecule has 0 spiro atoms. The lowest BCUT2D eigenvalue weighted by Gasteiger charge is -2.16. The molecule has 0 saturated heterocycles. The lowest BCUT2D eigenvalue weighted by Crippen LogP contribution is -2.28. The highest BCUT2D eigenvalue weighted by Gasteiger charge is 2.25. The van der Waals surface area contributed by atoms with Gasteiger partial charge in [-0.25, -0.2) is 0 Å². The van der Waals surface area contributed by atoms with Gasteiger partial charge in [0.15, 0.2) is 0 Å². The SMILES string of the molecule is N#Cc1ccc2c(c1)CCC2NC(=O)CC(N=S(=O)=O)c1ccccc1. The van der Waals surface area contributed by atoms with Crippen LogP contribution in [0.15, 0.2) is 52.9 Å². The van der Waals surface area contributed by atoms with Crippen molar-refractivity contribution in [2.24, 2.45) is 4.36 Å². The monoisotopic (exact) mass is 367 g/mol. The van der Waals surface area contributed by atoms with E-state index >= 15 is 0 Å². The fourth-order valence-corrected chi connectivity index (χ4v) is 3.66. The molecule has 6 nitrogen and oxygen atoms in total. The normalized spacial score (nSPS) is 16.2. The van der Waals surface area contributed by atoms with E-state index in [2.05, 4.69) is 15.7 Å². The van der Waals surface area contributed by atoms with Gasteiger partial charge in [-0.1, -0.05) is 36.4 Å². The van der Waals surface area contributed by atoms with Gasteiger partial charge in [-0.05, 0) is 41.7 Å². The first-order valence-electron chi connectivity index (χ1n) is 8.24. The zero-order valence-electron chi connectivity index (χ0n) is 13.9. The van der Waals surface area contributed by atoms with Gasteiger partial charge in [-0.15, -0.1) is 0 Å². The highest BCUT2D eigenvalue weighted by atomic mass is 32.2. The van der Waals surface area contributed by atoms with Crippen molar-refractivity contribution < 1.29 is 13.2 Å². The van der Waals surface area contributed by atoms with E-state index in [1.54, 1.807) is 30.3 Å². The summed E-state index contributed by atoms with van der Waals surface area (Å²) in [5, 5.41) is 11.9. The molecule has 0 radical (unpaired) electrons. The molecule has 1 aliphatic rings. The van der Waals surface area contributed by atoms with Crippen LogP contribution in [-0.2, 0) is 21.7 Å². The number of benzene rings is 2. The molecule has 0 bridgehead atoms. The van der Waals surface area contributed by atoms with Crippen LogP contribution in [0.1, 0.15) is 47.2 Å². The van der Waals surface area contributed by atoms with E-state index in [-0.39, 0.29) is 18.4 Å². The number of fused-ring (bicyclic) bond motifs is 1. The quantitative estimate of drug-likeness (QED) is 0.878. The maximum absolute atomic E-state index is 12.5. The summed E-state index contributed by atoms with van der Waals surface area (Å²) in [4.78, 5) is 12.5. The number of nitrogens with zero attached hydrogens (tertiary/aromatic N) is 2. The van der Waals surface area contributed by atoms with Gasteiger partial charge in [0, 0.05) is 0 Å². The number of amides is 1. The molecule has 2 atom stereocenters. The van der Waals surface area contributed by atoms with E-state index < -0.39 is 16.5 Å². The fourth-order valence-electron chi connectivity index (χ4n) is 3.26. The Balaban J connectivity index is 1.73. The van der Waals surface area contributed by atoms with E-state index in [0.29, 0.717) is 11.1 Å². The van der Waals surface area contributed by atoms with E-state index in [0.717, 1.165) is 24.0 Å². The Morgan fingerprint density at radius 1 is 1.27 bits per heavy atom. The van der Waals surface area contributed by atoms with Gasteiger partial charge in [0.05, 0.1) is 24.1 Å². The second kappa shape index (κ2) is 7.93. The van der Waals surface area contributed by atoms with Crippen LogP contribution in [0.4, 0.5) is 0 Å². The van der Waals surface area contributed by atoms with Crippen molar-refractivity contribution in [3.8, 4) is 6.07 Å². The summed E-state index contributed by atoms with van der Waals surface area (Å²) < 4.78 is 25.7. The number of carbonyl (C=O) groups excluding carboxylic acids is 1. The maximum atomic E-state index is 12.5. The maximum Gasteiger partial charge on any atom is 0.311 e. The first-order chi connectivity index (χ1) is 12.6. The molecule has 2 aromatic rings. The zero-order valence-corrected chi connectivity index (χ0v) is 14.7. The summed E-state index contributed by atoms with van der Waals surface area (Å²) in [5.74, 6) is -0.254. The Bertz CT molecular complexity index is 986. The first kappa shape index (κ1) is 17.8. The molecule has 26 heavy (non-hydrogen) atoms. The van der Waals surface area contributed by atoms with Crippen LogP contribution in [0.3, 0.4) is 0 Å². The minimum Gasteiger partial charge on any atom is -0.349 e. The lowest BCUT2D eigenvalue weighted by atomic mass is 10.0. The Morgan fingerprint density at radius 2 is 2.04 bits per heavy atom. The van der Waals surface area contributed by atoms with Crippen molar-refractivity contribution in [2.45, 2.75) is 31.3 Å². The number of nitrogens with one attached hydrogen (secondary N) is 1. The van der Waals surface area contributed by atoms with Crippen LogP contribution in [0.5, 0.6) is 0 Å². The number of hydrogen-bond acceptors (Lipinski definition) is 5. The molecule has 2 unspecified atom stereocenters. The van der Waals surface area contributed by atoms with Crippen molar-refractivity contribution in [1.29, 1.82) is 5.26 Å². The molecule has 7 heteroatoms. The van der Waals surface area contributed by atoms with Crippen LogP contribution in [-0.4, -0.2) is 14.3 Å². The Morgan fingerprint density at radius 3 is 2.73 bits per heavy atom. The molecule has 3 rings (SSSR count). The summed E-state index contributed by atoms with van der Waals surface area (Å²) in [6.07, 6.45) is 1.52. The van der Waals surface area contributed by atoms with Crippen LogP contribution in [0, 0.1) is 11.3 Å². The van der Waals surface area contributed by atoms with Crippen molar-refractivity contribution in [3.63, 3.8) is 0 Å². The molecule has 0 heterocycles. The summed E-state index contributed by atoms with van der Waals surface area (Å²) >= 11 is 0. The molecule has 2 aromatic carbocycles. The second-order valence-corrected chi connectivity index (χ2v) is 6.78. The van der Waals surface area contributed by atoms with Gasteiger partial charge in [0.1, 0.15) is 6.04 Å². The predicted molar refractivity (Wildman–Crippen MR) is 95.5 cm³/mol. The van der Waals surface area contributed by atoms with Gasteiger partial charge < -0.3 is 5.32 Å². The molecule has 0 aliphatic heterocycles. The molecular weight excluding hydrogens is 350 g/mol. The molecule has 0 saturated carbocycles. The van der Waals surface area contributed by atoms with Gasteiger partial charge in [-0.2, -0.15) is 18.0 Å². The smallest absolute Gasteiger partial charge is 0.311 e. The summed E-state index contributed by atoms with van der Waals surface area (Å²) in [7, 11) is -2.59. The molecule has 0 aromatic heterocycles. The van der Waals surface area contributed by atoms with E-state index in [4.69, 9.17) is 5.26 Å². The fraction of sp³-hybridized carbons (Fsp3) is 0.263. The molecule has 1 amide bonds. The minimum absolute atomic E-state index is 0.0416. The number of aryl methyl sites for hydroxylation is 1. The van der Waals surface area contributed by atoms with Gasteiger partial charge in [-0.3, -0.25) is 4.79 Å². The zero-order chi connectivity index (χ0) is 18.5. The molecular formula is C19H17N3O3S. The van der Waals surface area contributed by atoms with Gasteiger partial charge >= 0.3 is 10.5 Å². The average molecular weight is 367 g/mol. The van der Waals surface area contributed by atoms with Crippen LogP contribution in [0.25, 0.3) is 0 Å². The highest BCUT2D eigenvalue weighted by Crippen LogP contribution is 2.32. The largest absolute Gasteiger partial charge is 0.349 e. The van der Waals surface area contributed by atoms with E-state index in [1.807, 2.05) is 18.2 Å². The Labute approximate surface area is 153 Å². The number of hydrogen-bond donors (Lipinski definition) is 1. The van der Waals surface area contributed by atoms with E-state index in [1.165, 1.54) is 0 Å². The van der Waals surface area contributed by atoms with E-state index in [9.17, 15) is 13.2 Å². The number of rotatable bonds is 5. The van der Waals surface area contributed by atoms with Crippen LogP contribution >= 0.6 is 0 Å². The van der Waals surface area contributed by atoms with Crippen LogP contribution < -0.4 is 5.32 Å². The predicted octanol–water partition coefficient (Wildman–Crippen LogP) is 2.86. The third kappa shape index (κ3) is 4.16. The van der Waals surface area contributed by atoms with Gasteiger partial charge in [0.25, 0.3) is 0 Å². The third-order valence-corrected chi connectivity index (χ3v) is 4.89. The standard InChI is InChI=1S/C19H17N3O3S/c20-12-13-6-8-16-15(10-13)7-9-17(16)21-19(23)11-18(22-26(24)25)14-4-2-1-3-5-14/h1-6,8,10,17-18H,7,9,11H2,(H,21,23). The highest BCUT2D eigenvalue weighted by molar-refractivity contribution is 7.61. The second-order valence-electron chi connectivity index (χ2n) is 6.14. The minimum atomic E-state index is -2.59. The molecule has 1 aliphatic carbocycles. The van der Waals surface area contributed by atoms with Crippen molar-refractivity contribution in [3.05, 3.63) is 70.8 Å². The molecule has 0 fully saturated rings. The average Bonchev–Trinajstić information content (AvgIpc) is 3.03. The van der Waals surface area contributed by atoms with Crippen molar-refractivity contribution in [2.75, 3.05) is 0 Å². The Kier molecular flexibility index (Phi) is 5.44. The topological polar surface area (TPSA) is 99.4 Å². The Hall–Kier alpha value is -2.98. The third-order valence-electron chi connectivity index (χ3n) is 4.46. The van der Waals surface area contributed by atoms with Crippen molar-refractivity contribution >= 4 is 16.4 Å². The van der Waals surface area contributed by atoms with Crippen molar-refractivity contribution in [1.82, 2.24) is 5.32 Å². The number of carbonyl (C=O) groups is 1.